The molecule has 2 aromatic rings. The van der Waals surface area contributed by atoms with Crippen LogP contribution in [0.15, 0.2) is 54.6 Å². The first-order valence-electron chi connectivity index (χ1n) is 9.70. The largest absolute Gasteiger partial charge is 0.374 e. The number of benzene rings is 2. The van der Waals surface area contributed by atoms with E-state index in [0.29, 0.717) is 0 Å². The van der Waals surface area contributed by atoms with Gasteiger partial charge in [-0.05, 0) is 36.8 Å². The highest BCUT2D eigenvalue weighted by Gasteiger charge is 2.24. The number of hydrogen-bond acceptors (Lipinski definition) is 4. The molecule has 6 nitrogen and oxygen atoms in total. The van der Waals surface area contributed by atoms with Crippen molar-refractivity contribution in [2.75, 3.05) is 36.8 Å². The zero-order chi connectivity index (χ0) is 19.9. The first-order chi connectivity index (χ1) is 13.5. The van der Waals surface area contributed by atoms with Gasteiger partial charge in [-0.15, -0.1) is 0 Å². The SMILES string of the molecule is CC(=O)Nc1ccc(N[C@H](C)C(=O)N2CCN(Cc3ccccc3)CC2)cc1. The predicted octanol–water partition coefficient (Wildman–Crippen LogP) is 2.79. The van der Waals surface area contributed by atoms with Crippen LogP contribution < -0.4 is 10.6 Å². The van der Waals surface area contributed by atoms with Crippen molar-refractivity contribution in [2.45, 2.75) is 26.4 Å². The van der Waals surface area contributed by atoms with Gasteiger partial charge in [0.05, 0.1) is 0 Å². The molecule has 0 saturated carbocycles. The summed E-state index contributed by atoms with van der Waals surface area (Å²) in [6, 6.07) is 17.5. The van der Waals surface area contributed by atoms with E-state index in [1.807, 2.05) is 42.2 Å². The maximum atomic E-state index is 12.8. The second kappa shape index (κ2) is 9.37. The second-order valence-corrected chi connectivity index (χ2v) is 7.21. The third-order valence-corrected chi connectivity index (χ3v) is 4.89. The van der Waals surface area contributed by atoms with Gasteiger partial charge in [0.25, 0.3) is 0 Å². The van der Waals surface area contributed by atoms with Crippen molar-refractivity contribution in [2.24, 2.45) is 0 Å². The molecule has 0 radical (unpaired) electrons. The molecule has 28 heavy (non-hydrogen) atoms. The molecule has 3 rings (SSSR count). The maximum Gasteiger partial charge on any atom is 0.244 e. The van der Waals surface area contributed by atoms with Gasteiger partial charge in [0, 0.05) is 51.0 Å². The Morgan fingerprint density at radius 3 is 2.14 bits per heavy atom. The zero-order valence-electron chi connectivity index (χ0n) is 16.5. The van der Waals surface area contributed by atoms with Crippen molar-refractivity contribution in [1.29, 1.82) is 0 Å². The molecule has 1 heterocycles. The van der Waals surface area contributed by atoms with E-state index in [1.165, 1.54) is 12.5 Å². The Morgan fingerprint density at radius 2 is 1.54 bits per heavy atom. The smallest absolute Gasteiger partial charge is 0.244 e. The Hall–Kier alpha value is -2.86. The topological polar surface area (TPSA) is 64.7 Å². The standard InChI is InChI=1S/C22H28N4O2/c1-17(23-20-8-10-21(11-9-20)24-18(2)27)22(28)26-14-12-25(13-15-26)16-19-6-4-3-5-7-19/h3-11,17,23H,12-16H2,1-2H3,(H,24,27)/t17-/m1/s1. The van der Waals surface area contributed by atoms with Gasteiger partial charge in [0.2, 0.25) is 11.8 Å². The monoisotopic (exact) mass is 380 g/mol. The van der Waals surface area contributed by atoms with E-state index in [0.717, 1.165) is 44.1 Å². The maximum absolute atomic E-state index is 12.8. The minimum Gasteiger partial charge on any atom is -0.374 e. The van der Waals surface area contributed by atoms with Gasteiger partial charge < -0.3 is 15.5 Å². The molecule has 6 heteroatoms. The molecule has 1 fully saturated rings. The van der Waals surface area contributed by atoms with Crippen LogP contribution in [0, 0.1) is 0 Å². The Morgan fingerprint density at radius 1 is 0.929 bits per heavy atom. The normalized spacial score (nSPS) is 15.7. The summed E-state index contributed by atoms with van der Waals surface area (Å²) in [5.41, 5.74) is 2.91. The van der Waals surface area contributed by atoms with Crippen LogP contribution >= 0.6 is 0 Å². The van der Waals surface area contributed by atoms with Crippen molar-refractivity contribution in [1.82, 2.24) is 9.80 Å². The Kier molecular flexibility index (Phi) is 6.66. The Bertz CT molecular complexity index is 784. The lowest BCUT2D eigenvalue weighted by Crippen LogP contribution is -2.51. The van der Waals surface area contributed by atoms with Crippen molar-refractivity contribution < 1.29 is 9.59 Å². The molecule has 0 unspecified atom stereocenters. The molecule has 1 aliphatic rings. The number of hydrogen-bond donors (Lipinski definition) is 2. The lowest BCUT2D eigenvalue weighted by molar-refractivity contribution is -0.133. The molecule has 0 aliphatic carbocycles. The van der Waals surface area contributed by atoms with Gasteiger partial charge in [-0.25, -0.2) is 0 Å². The van der Waals surface area contributed by atoms with E-state index in [-0.39, 0.29) is 17.9 Å². The molecule has 148 valence electrons. The molecule has 1 saturated heterocycles. The van der Waals surface area contributed by atoms with Crippen molar-refractivity contribution in [3.05, 3.63) is 60.2 Å². The van der Waals surface area contributed by atoms with E-state index in [2.05, 4.69) is 39.8 Å². The number of piperazine rings is 1. The fourth-order valence-electron chi connectivity index (χ4n) is 3.41. The number of carbonyl (C=O) groups excluding carboxylic acids is 2. The minimum atomic E-state index is -0.299. The number of nitrogens with one attached hydrogen (secondary N) is 2. The number of nitrogens with zero attached hydrogens (tertiary/aromatic N) is 2. The number of anilines is 2. The highest BCUT2D eigenvalue weighted by molar-refractivity contribution is 5.89. The molecular weight excluding hydrogens is 352 g/mol. The third kappa shape index (κ3) is 5.57. The van der Waals surface area contributed by atoms with Crippen molar-refractivity contribution >= 4 is 23.2 Å². The molecule has 2 amide bonds. The van der Waals surface area contributed by atoms with Crippen molar-refractivity contribution in [3.63, 3.8) is 0 Å². The van der Waals surface area contributed by atoms with Crippen LogP contribution in [0.2, 0.25) is 0 Å². The van der Waals surface area contributed by atoms with E-state index >= 15 is 0 Å². The highest BCUT2D eigenvalue weighted by Crippen LogP contribution is 2.16. The van der Waals surface area contributed by atoms with E-state index in [4.69, 9.17) is 0 Å². The summed E-state index contributed by atoms with van der Waals surface area (Å²) in [6.45, 7) is 7.57. The quantitative estimate of drug-likeness (QED) is 0.809. The molecule has 0 bridgehead atoms. The summed E-state index contributed by atoms with van der Waals surface area (Å²) in [4.78, 5) is 28.2. The molecular formula is C22H28N4O2. The second-order valence-electron chi connectivity index (χ2n) is 7.21. The first kappa shape index (κ1) is 19.9. The summed E-state index contributed by atoms with van der Waals surface area (Å²) >= 11 is 0. The summed E-state index contributed by atoms with van der Waals surface area (Å²) in [6.07, 6.45) is 0. The summed E-state index contributed by atoms with van der Waals surface area (Å²) < 4.78 is 0. The lowest BCUT2D eigenvalue weighted by atomic mass is 10.2. The molecule has 2 N–H and O–H groups in total. The molecule has 2 aromatic carbocycles. The van der Waals surface area contributed by atoms with Gasteiger partial charge in [-0.1, -0.05) is 30.3 Å². The zero-order valence-corrected chi connectivity index (χ0v) is 16.5. The van der Waals surface area contributed by atoms with E-state index in [1.54, 1.807) is 0 Å². The summed E-state index contributed by atoms with van der Waals surface area (Å²) in [5, 5.41) is 5.99. The van der Waals surface area contributed by atoms with Crippen LogP contribution in [-0.2, 0) is 16.1 Å². The van der Waals surface area contributed by atoms with Gasteiger partial charge in [-0.2, -0.15) is 0 Å². The number of amides is 2. The number of rotatable bonds is 6. The van der Waals surface area contributed by atoms with Crippen LogP contribution in [0.1, 0.15) is 19.4 Å². The van der Waals surface area contributed by atoms with Gasteiger partial charge >= 0.3 is 0 Å². The molecule has 0 spiro atoms. The molecule has 1 atom stereocenters. The third-order valence-electron chi connectivity index (χ3n) is 4.89. The summed E-state index contributed by atoms with van der Waals surface area (Å²) in [5.74, 6) is 0.0148. The molecule has 0 aromatic heterocycles. The van der Waals surface area contributed by atoms with Gasteiger partial charge in [-0.3, -0.25) is 14.5 Å². The average Bonchev–Trinajstić information content (AvgIpc) is 2.70. The molecule has 1 aliphatic heterocycles. The fourth-order valence-corrected chi connectivity index (χ4v) is 3.41. The minimum absolute atomic E-state index is 0.101. The predicted molar refractivity (Wildman–Crippen MR) is 112 cm³/mol. The number of carbonyl (C=O) groups is 2. The average molecular weight is 380 g/mol. The van der Waals surface area contributed by atoms with Crippen LogP contribution in [-0.4, -0.2) is 53.8 Å². The van der Waals surface area contributed by atoms with Crippen molar-refractivity contribution in [3.8, 4) is 0 Å². The van der Waals surface area contributed by atoms with Gasteiger partial charge in [0.15, 0.2) is 0 Å². The van der Waals surface area contributed by atoms with Crippen LogP contribution in [0.4, 0.5) is 11.4 Å². The first-order valence-corrected chi connectivity index (χ1v) is 9.70. The van der Waals surface area contributed by atoms with Crippen LogP contribution in [0.5, 0.6) is 0 Å². The Balaban J connectivity index is 1.47. The fraction of sp³-hybridized carbons (Fsp3) is 0.364. The van der Waals surface area contributed by atoms with Crippen LogP contribution in [0.25, 0.3) is 0 Å². The Labute approximate surface area is 166 Å². The van der Waals surface area contributed by atoms with Crippen LogP contribution in [0.3, 0.4) is 0 Å². The van der Waals surface area contributed by atoms with E-state index in [9.17, 15) is 9.59 Å². The summed E-state index contributed by atoms with van der Waals surface area (Å²) in [7, 11) is 0. The van der Waals surface area contributed by atoms with Gasteiger partial charge in [0.1, 0.15) is 6.04 Å². The lowest BCUT2D eigenvalue weighted by Gasteiger charge is -2.36. The van der Waals surface area contributed by atoms with E-state index < -0.39 is 0 Å². The highest BCUT2D eigenvalue weighted by atomic mass is 16.2.